The number of benzene rings is 1. The van der Waals surface area contributed by atoms with Crippen LogP contribution in [0.5, 0.6) is 5.75 Å². The number of hydrogen-bond donors (Lipinski definition) is 0. The number of fused-ring (bicyclic) bond motifs is 3. The Morgan fingerprint density at radius 3 is 2.50 bits per heavy atom. The SMILES string of the molecule is Cc1sc2c(c1C)C(c1ccc(OCCCC(=O)OC(C)(C)C)cc1)=NC(C)c1nnc(C)n1-2. The van der Waals surface area contributed by atoms with Gasteiger partial charge in [-0.2, -0.15) is 0 Å². The van der Waals surface area contributed by atoms with Crippen molar-refractivity contribution in [1.29, 1.82) is 0 Å². The first kappa shape index (κ1) is 24.1. The molecule has 0 aliphatic carbocycles. The topological polar surface area (TPSA) is 78.6 Å². The molecule has 0 saturated carbocycles. The van der Waals surface area contributed by atoms with Gasteiger partial charge in [-0.25, -0.2) is 0 Å². The molecule has 1 aliphatic rings. The quantitative estimate of drug-likeness (QED) is 0.336. The smallest absolute Gasteiger partial charge is 0.306 e. The highest BCUT2D eigenvalue weighted by Gasteiger charge is 2.29. The van der Waals surface area contributed by atoms with E-state index in [1.807, 2.05) is 52.0 Å². The number of aryl methyl sites for hydroxylation is 2. The molecule has 1 atom stereocenters. The fraction of sp³-hybridized carbons (Fsp3) is 0.462. The molecule has 0 fully saturated rings. The van der Waals surface area contributed by atoms with Gasteiger partial charge in [-0.3, -0.25) is 14.4 Å². The van der Waals surface area contributed by atoms with Gasteiger partial charge in [0.1, 0.15) is 28.2 Å². The number of thiophene rings is 1. The Bertz CT molecular complexity index is 1230. The molecule has 0 amide bonds. The van der Waals surface area contributed by atoms with Crippen LogP contribution in [-0.2, 0) is 9.53 Å². The van der Waals surface area contributed by atoms with Gasteiger partial charge in [-0.15, -0.1) is 21.5 Å². The third-order valence-electron chi connectivity index (χ3n) is 5.69. The summed E-state index contributed by atoms with van der Waals surface area (Å²) in [5.41, 5.74) is 3.91. The molecule has 34 heavy (non-hydrogen) atoms. The Balaban J connectivity index is 1.51. The molecule has 1 unspecified atom stereocenters. The monoisotopic (exact) mass is 480 g/mol. The summed E-state index contributed by atoms with van der Waals surface area (Å²) in [7, 11) is 0. The minimum atomic E-state index is -0.459. The van der Waals surface area contributed by atoms with Crippen LogP contribution >= 0.6 is 11.3 Å². The number of nitrogens with zero attached hydrogens (tertiary/aromatic N) is 4. The van der Waals surface area contributed by atoms with E-state index in [1.54, 1.807) is 11.3 Å². The number of ether oxygens (including phenoxy) is 2. The first-order chi connectivity index (χ1) is 16.0. The second kappa shape index (κ2) is 9.33. The molecule has 0 spiro atoms. The van der Waals surface area contributed by atoms with Crippen molar-refractivity contribution >= 4 is 23.0 Å². The maximum atomic E-state index is 11.9. The Hall–Kier alpha value is -3.00. The fourth-order valence-electron chi connectivity index (χ4n) is 3.99. The molecule has 4 rings (SSSR count). The molecule has 1 aliphatic heterocycles. The van der Waals surface area contributed by atoms with Crippen LogP contribution in [0.15, 0.2) is 29.3 Å². The van der Waals surface area contributed by atoms with E-state index < -0.39 is 5.60 Å². The zero-order valence-corrected chi connectivity index (χ0v) is 21.7. The number of rotatable bonds is 6. The van der Waals surface area contributed by atoms with Crippen molar-refractivity contribution in [3.63, 3.8) is 0 Å². The van der Waals surface area contributed by atoms with Crippen LogP contribution in [0.1, 0.15) is 79.8 Å². The highest BCUT2D eigenvalue weighted by Crippen LogP contribution is 2.38. The average Bonchev–Trinajstić information content (AvgIpc) is 3.24. The van der Waals surface area contributed by atoms with Gasteiger partial charge in [0.05, 0.1) is 12.3 Å². The van der Waals surface area contributed by atoms with Crippen molar-refractivity contribution in [3.05, 3.63) is 57.5 Å². The standard InChI is InChI=1S/C26H32N4O3S/c1-15-17(3)34-25-22(15)23(27-16(2)24-29-28-18(4)30(24)25)19-10-12-20(13-11-19)32-14-8-9-21(31)33-26(5,6)7/h10-13,16H,8-9,14H2,1-7H3. The van der Waals surface area contributed by atoms with Crippen molar-refractivity contribution in [3.8, 4) is 10.8 Å². The summed E-state index contributed by atoms with van der Waals surface area (Å²) >= 11 is 1.75. The van der Waals surface area contributed by atoms with Gasteiger partial charge in [0, 0.05) is 22.4 Å². The molecule has 0 N–H and O–H groups in total. The molecule has 180 valence electrons. The van der Waals surface area contributed by atoms with Crippen LogP contribution in [0.2, 0.25) is 0 Å². The van der Waals surface area contributed by atoms with Gasteiger partial charge in [-0.05, 0) is 84.7 Å². The number of aliphatic imine (C=N–C) groups is 1. The van der Waals surface area contributed by atoms with Crippen LogP contribution in [0.25, 0.3) is 5.00 Å². The Morgan fingerprint density at radius 1 is 1.12 bits per heavy atom. The first-order valence-electron chi connectivity index (χ1n) is 11.6. The highest BCUT2D eigenvalue weighted by atomic mass is 32.1. The lowest BCUT2D eigenvalue weighted by molar-refractivity contribution is -0.155. The minimum Gasteiger partial charge on any atom is -0.494 e. The number of aromatic nitrogens is 3. The van der Waals surface area contributed by atoms with E-state index >= 15 is 0 Å². The molecule has 3 heterocycles. The zero-order chi connectivity index (χ0) is 24.6. The third kappa shape index (κ3) is 4.92. The number of carbonyl (C=O) groups is 1. The predicted molar refractivity (Wildman–Crippen MR) is 135 cm³/mol. The van der Waals surface area contributed by atoms with Crippen molar-refractivity contribution in [1.82, 2.24) is 14.8 Å². The Kier molecular flexibility index (Phi) is 6.62. The maximum absolute atomic E-state index is 11.9. The van der Waals surface area contributed by atoms with Gasteiger partial charge in [0.2, 0.25) is 0 Å². The number of carbonyl (C=O) groups excluding carboxylic acids is 1. The lowest BCUT2D eigenvalue weighted by Crippen LogP contribution is -2.23. The van der Waals surface area contributed by atoms with Crippen LogP contribution in [0.3, 0.4) is 0 Å². The summed E-state index contributed by atoms with van der Waals surface area (Å²) in [5.74, 6) is 2.30. The number of hydrogen-bond acceptors (Lipinski definition) is 7. The summed E-state index contributed by atoms with van der Waals surface area (Å²) in [4.78, 5) is 18.2. The molecule has 0 radical (unpaired) electrons. The van der Waals surface area contributed by atoms with Crippen molar-refractivity contribution in [2.45, 2.75) is 73.0 Å². The molecular formula is C26H32N4O3S. The van der Waals surface area contributed by atoms with Crippen LogP contribution in [0, 0.1) is 20.8 Å². The summed E-state index contributed by atoms with van der Waals surface area (Å²) in [6.45, 7) is 14.4. The van der Waals surface area contributed by atoms with Crippen molar-refractivity contribution in [2.24, 2.45) is 4.99 Å². The number of esters is 1. The van der Waals surface area contributed by atoms with E-state index in [-0.39, 0.29) is 12.0 Å². The zero-order valence-electron chi connectivity index (χ0n) is 20.9. The second-order valence-corrected chi connectivity index (χ2v) is 10.8. The lowest BCUT2D eigenvalue weighted by atomic mass is 9.99. The average molecular weight is 481 g/mol. The van der Waals surface area contributed by atoms with Gasteiger partial charge in [-0.1, -0.05) is 0 Å². The van der Waals surface area contributed by atoms with Gasteiger partial charge in [0.25, 0.3) is 0 Å². The van der Waals surface area contributed by atoms with Gasteiger partial charge in [0.15, 0.2) is 5.82 Å². The van der Waals surface area contributed by atoms with Crippen LogP contribution < -0.4 is 4.74 Å². The van der Waals surface area contributed by atoms with Crippen molar-refractivity contribution in [2.75, 3.05) is 6.61 Å². The van der Waals surface area contributed by atoms with Gasteiger partial charge < -0.3 is 9.47 Å². The van der Waals surface area contributed by atoms with Gasteiger partial charge >= 0.3 is 5.97 Å². The maximum Gasteiger partial charge on any atom is 0.306 e. The van der Waals surface area contributed by atoms with E-state index in [0.29, 0.717) is 19.4 Å². The summed E-state index contributed by atoms with van der Waals surface area (Å²) in [6.07, 6.45) is 0.948. The van der Waals surface area contributed by atoms with Crippen LogP contribution in [-0.4, -0.2) is 38.7 Å². The molecule has 3 aromatic rings. The molecule has 2 aromatic heterocycles. The molecule has 1 aromatic carbocycles. The summed E-state index contributed by atoms with van der Waals surface area (Å²) in [6, 6.07) is 7.90. The van der Waals surface area contributed by atoms with Crippen LogP contribution in [0.4, 0.5) is 0 Å². The molecule has 7 nitrogen and oxygen atoms in total. The molecule has 8 heteroatoms. The largest absolute Gasteiger partial charge is 0.494 e. The van der Waals surface area contributed by atoms with E-state index in [0.717, 1.165) is 39.2 Å². The lowest BCUT2D eigenvalue weighted by Gasteiger charge is -2.19. The summed E-state index contributed by atoms with van der Waals surface area (Å²) in [5, 5.41) is 9.84. The van der Waals surface area contributed by atoms with E-state index in [2.05, 4.69) is 35.5 Å². The Morgan fingerprint density at radius 2 is 1.82 bits per heavy atom. The molecule has 0 saturated heterocycles. The summed E-state index contributed by atoms with van der Waals surface area (Å²) < 4.78 is 13.3. The third-order valence-corrected chi connectivity index (χ3v) is 6.89. The second-order valence-electron chi connectivity index (χ2n) is 9.62. The van der Waals surface area contributed by atoms with E-state index in [4.69, 9.17) is 14.5 Å². The molecule has 0 bridgehead atoms. The normalized spacial score (nSPS) is 15.3. The predicted octanol–water partition coefficient (Wildman–Crippen LogP) is 5.67. The first-order valence-corrected chi connectivity index (χ1v) is 12.4. The van der Waals surface area contributed by atoms with E-state index in [9.17, 15) is 4.79 Å². The highest BCUT2D eigenvalue weighted by molar-refractivity contribution is 7.15. The van der Waals surface area contributed by atoms with Crippen molar-refractivity contribution < 1.29 is 14.3 Å². The molecular weight excluding hydrogens is 448 g/mol. The van der Waals surface area contributed by atoms with E-state index in [1.165, 1.54) is 10.4 Å². The Labute approximate surface area is 204 Å². The fourth-order valence-corrected chi connectivity index (χ4v) is 5.20. The minimum absolute atomic E-state index is 0.112.